The Morgan fingerprint density at radius 3 is 2.54 bits per heavy atom. The molecule has 2 atom stereocenters. The highest BCUT2D eigenvalue weighted by Crippen LogP contribution is 2.40. The average Bonchev–Trinajstić information content (AvgIpc) is 2.78. The van der Waals surface area contributed by atoms with Crippen molar-refractivity contribution in [3.05, 3.63) is 63.3 Å². The second kappa shape index (κ2) is 6.08. The summed E-state index contributed by atoms with van der Waals surface area (Å²) in [5, 5.41) is 32.3. The van der Waals surface area contributed by atoms with Gasteiger partial charge in [0.25, 0.3) is 5.91 Å². The molecule has 7 nitrogen and oxygen atoms in total. The molecule has 2 aromatic rings. The lowest BCUT2D eigenvalue weighted by molar-refractivity contribution is -0.991. The molecule has 1 amide bonds. The van der Waals surface area contributed by atoms with E-state index in [1.54, 1.807) is 24.3 Å². The van der Waals surface area contributed by atoms with Crippen molar-refractivity contribution in [2.45, 2.75) is 12.0 Å². The quantitative estimate of drug-likeness (QED) is 0.462. The minimum absolute atomic E-state index is 0.0697. The van der Waals surface area contributed by atoms with Gasteiger partial charge in [0.15, 0.2) is 17.1 Å². The molecule has 0 bridgehead atoms. The highest BCUT2D eigenvalue weighted by molar-refractivity contribution is 9.10. The van der Waals surface area contributed by atoms with Gasteiger partial charge in [0.2, 0.25) is 0 Å². The molecule has 3 rings (SSSR count). The van der Waals surface area contributed by atoms with E-state index in [-0.39, 0.29) is 11.3 Å². The van der Waals surface area contributed by atoms with Gasteiger partial charge in [-0.15, -0.1) is 0 Å². The van der Waals surface area contributed by atoms with Crippen LogP contribution in [-0.2, 0) is 10.4 Å². The van der Waals surface area contributed by atoms with Gasteiger partial charge in [-0.1, -0.05) is 28.1 Å². The number of aliphatic hydroxyl groups is 1. The number of benzene rings is 2. The Morgan fingerprint density at radius 1 is 1.25 bits per heavy atom. The highest BCUT2D eigenvalue weighted by atomic mass is 79.9. The van der Waals surface area contributed by atoms with E-state index in [9.17, 15) is 19.9 Å². The molecule has 0 fully saturated rings. The Balaban J connectivity index is 1.95. The number of ketones is 1. The number of carbonyl (C=O) groups is 2. The van der Waals surface area contributed by atoms with Crippen molar-refractivity contribution in [2.75, 3.05) is 5.32 Å². The Bertz CT molecular complexity index is 822. The predicted octanol–water partition coefficient (Wildman–Crippen LogP) is 1.27. The van der Waals surface area contributed by atoms with E-state index in [0.29, 0.717) is 11.3 Å². The number of fused-ring (bicyclic) bond motifs is 1. The summed E-state index contributed by atoms with van der Waals surface area (Å²) < 4.78 is 0.799. The molecule has 4 N–H and O–H groups in total. The first-order chi connectivity index (χ1) is 11.3. The molecule has 1 heterocycles. The van der Waals surface area contributed by atoms with E-state index in [2.05, 4.69) is 21.2 Å². The third-order valence-corrected chi connectivity index (χ3v) is 4.45. The lowest BCUT2D eigenvalue weighted by Crippen LogP contribution is -2.99. The van der Waals surface area contributed by atoms with Crippen LogP contribution in [0, 0.1) is 5.21 Å². The van der Waals surface area contributed by atoms with Gasteiger partial charge in [0, 0.05) is 33.4 Å². The van der Waals surface area contributed by atoms with Crippen LogP contribution in [0.1, 0.15) is 22.3 Å². The smallest absolute Gasteiger partial charge is 0.261 e. The van der Waals surface area contributed by atoms with Crippen LogP contribution in [0.3, 0.4) is 0 Å². The van der Waals surface area contributed by atoms with Crippen molar-refractivity contribution in [3.63, 3.8) is 0 Å². The first-order valence-corrected chi connectivity index (χ1v) is 7.81. The molecule has 1 aliphatic heterocycles. The number of carbonyl (C=O) groups excluding carboxylic acids is 2. The van der Waals surface area contributed by atoms with Crippen LogP contribution >= 0.6 is 15.9 Å². The van der Waals surface area contributed by atoms with Crippen LogP contribution in [0.2, 0.25) is 0 Å². The summed E-state index contributed by atoms with van der Waals surface area (Å²) in [6.45, 7) is 0. The van der Waals surface area contributed by atoms with Crippen LogP contribution in [0.25, 0.3) is 0 Å². The number of Topliss-reactive ketones (excluding diaryl/α,β-unsaturated/α-hetero) is 1. The second-order valence-electron chi connectivity index (χ2n) is 5.49. The highest BCUT2D eigenvalue weighted by Gasteiger charge is 2.47. The van der Waals surface area contributed by atoms with Gasteiger partial charge in [-0.25, -0.2) is 5.21 Å². The molecule has 124 valence electrons. The van der Waals surface area contributed by atoms with Gasteiger partial charge < -0.3 is 15.6 Å². The number of rotatable bonds is 4. The fourth-order valence-corrected chi connectivity index (χ4v) is 2.89. The molecule has 0 aliphatic carbocycles. The van der Waals surface area contributed by atoms with Crippen molar-refractivity contribution >= 4 is 39.0 Å². The van der Waals surface area contributed by atoms with Crippen LogP contribution in [0.5, 0.6) is 0 Å². The van der Waals surface area contributed by atoms with Crippen molar-refractivity contribution in [1.29, 1.82) is 0 Å². The zero-order valence-corrected chi connectivity index (χ0v) is 13.8. The van der Waals surface area contributed by atoms with Gasteiger partial charge in [-0.2, -0.15) is 5.23 Å². The number of amides is 1. The lowest BCUT2D eigenvalue weighted by Gasteiger charge is -2.21. The summed E-state index contributed by atoms with van der Waals surface area (Å²) in [4.78, 5) is 24.6. The van der Waals surface area contributed by atoms with E-state index in [1.807, 2.05) is 0 Å². The Labute approximate surface area is 145 Å². The van der Waals surface area contributed by atoms with E-state index >= 15 is 0 Å². The number of nitrogens with one attached hydrogen (secondary N) is 2. The minimum Gasteiger partial charge on any atom is -0.595 e. The summed E-state index contributed by atoms with van der Waals surface area (Å²) >= 11 is 3.27. The maximum absolute atomic E-state index is 12.4. The molecule has 2 unspecified atom stereocenters. The van der Waals surface area contributed by atoms with Gasteiger partial charge in [-0.05, 0) is 18.2 Å². The summed E-state index contributed by atoms with van der Waals surface area (Å²) in [6.07, 6.45) is -0.476. The maximum atomic E-state index is 12.4. The second-order valence-corrected chi connectivity index (χ2v) is 6.40. The summed E-state index contributed by atoms with van der Waals surface area (Å²) in [6, 6.07) is 10.5. The van der Waals surface area contributed by atoms with E-state index in [0.717, 1.165) is 4.47 Å². The number of hydrogen-bond acceptors (Lipinski definition) is 5. The number of anilines is 1. The van der Waals surface area contributed by atoms with Gasteiger partial charge >= 0.3 is 0 Å². The minimum atomic E-state index is -2.09. The molecule has 24 heavy (non-hydrogen) atoms. The SMILES string of the molecule is O=C(CC1(O)C(=O)Nc2ccc([NH+]([O-])O)cc21)c1ccc(Br)cc1. The number of halogens is 1. The molecular weight excluding hydrogens is 380 g/mol. The fourth-order valence-electron chi connectivity index (χ4n) is 2.62. The van der Waals surface area contributed by atoms with Crippen LogP contribution in [0.4, 0.5) is 11.4 Å². The van der Waals surface area contributed by atoms with Crippen molar-refractivity contribution < 1.29 is 25.1 Å². The summed E-state index contributed by atoms with van der Waals surface area (Å²) in [5.41, 5.74) is -1.42. The van der Waals surface area contributed by atoms with E-state index in [4.69, 9.17) is 5.21 Å². The Kier molecular flexibility index (Phi) is 4.24. The molecule has 0 radical (unpaired) electrons. The first-order valence-electron chi connectivity index (χ1n) is 7.02. The van der Waals surface area contributed by atoms with Gasteiger partial charge in [-0.3, -0.25) is 9.59 Å². The van der Waals surface area contributed by atoms with Crippen LogP contribution in [-0.4, -0.2) is 22.0 Å². The van der Waals surface area contributed by atoms with Gasteiger partial charge in [0.05, 0.1) is 6.42 Å². The van der Waals surface area contributed by atoms with E-state index < -0.39 is 28.9 Å². The largest absolute Gasteiger partial charge is 0.595 e. The molecule has 0 spiro atoms. The Morgan fingerprint density at radius 2 is 1.92 bits per heavy atom. The van der Waals surface area contributed by atoms with Crippen molar-refractivity contribution in [2.24, 2.45) is 0 Å². The Hall–Kier alpha value is -2.10. The zero-order chi connectivity index (χ0) is 17.5. The fraction of sp³-hybridized carbons (Fsp3) is 0.125. The average molecular weight is 393 g/mol. The third-order valence-electron chi connectivity index (χ3n) is 3.92. The summed E-state index contributed by atoms with van der Waals surface area (Å²) in [5.74, 6) is -1.17. The summed E-state index contributed by atoms with van der Waals surface area (Å²) in [7, 11) is 0. The topological polar surface area (TPSA) is 114 Å². The normalized spacial score (nSPS) is 20.4. The van der Waals surface area contributed by atoms with Crippen molar-refractivity contribution in [3.8, 4) is 0 Å². The zero-order valence-electron chi connectivity index (χ0n) is 12.2. The molecule has 0 saturated heterocycles. The lowest BCUT2D eigenvalue weighted by atomic mass is 9.88. The molecule has 8 heteroatoms. The van der Waals surface area contributed by atoms with Crippen molar-refractivity contribution in [1.82, 2.24) is 0 Å². The van der Waals surface area contributed by atoms with Gasteiger partial charge in [0.1, 0.15) is 0 Å². The molecule has 0 saturated carbocycles. The third kappa shape index (κ3) is 2.85. The molecular formula is C16H13BrN2O5. The molecule has 2 aromatic carbocycles. The van der Waals surface area contributed by atoms with Crippen LogP contribution in [0.15, 0.2) is 46.9 Å². The number of quaternary nitrogens is 1. The maximum Gasteiger partial charge on any atom is 0.261 e. The standard InChI is InChI=1S/C16H13BrN2O5/c17-10-3-1-9(2-4-10)14(20)8-16(22)12-7-11(19(23)24)5-6-13(12)18-15(16)21/h1-7,19,22-23H,8H2,(H,18,21). The molecule has 1 aliphatic rings. The first kappa shape index (κ1) is 16.7. The van der Waals surface area contributed by atoms with Crippen LogP contribution < -0.4 is 10.5 Å². The monoisotopic (exact) mass is 392 g/mol. The molecule has 0 aromatic heterocycles. The number of hydrogen-bond donors (Lipinski definition) is 4. The predicted molar refractivity (Wildman–Crippen MR) is 87.8 cm³/mol. The van der Waals surface area contributed by atoms with E-state index in [1.165, 1.54) is 18.2 Å².